The zero-order valence-electron chi connectivity index (χ0n) is 11.8. The van der Waals surface area contributed by atoms with Crippen LogP contribution >= 0.6 is 0 Å². The number of rotatable bonds is 6. The average Bonchev–Trinajstić information content (AvgIpc) is 2.47. The largest absolute Gasteiger partial charge is 0.494 e. The van der Waals surface area contributed by atoms with Gasteiger partial charge in [-0.25, -0.2) is 4.39 Å². The number of pyridine rings is 1. The van der Waals surface area contributed by atoms with Gasteiger partial charge in [-0.1, -0.05) is 25.1 Å². The van der Waals surface area contributed by atoms with E-state index in [0.717, 1.165) is 11.3 Å². The first kappa shape index (κ1) is 14.5. The molecule has 0 bridgehead atoms. The highest BCUT2D eigenvalue weighted by Crippen LogP contribution is 2.30. The molecule has 1 N–H and O–H groups in total. The highest BCUT2D eigenvalue weighted by atomic mass is 19.1. The summed E-state index contributed by atoms with van der Waals surface area (Å²) in [6.45, 7) is 5.19. The zero-order valence-corrected chi connectivity index (χ0v) is 11.8. The van der Waals surface area contributed by atoms with Crippen molar-refractivity contribution in [2.24, 2.45) is 0 Å². The van der Waals surface area contributed by atoms with Crippen molar-refractivity contribution in [2.45, 2.75) is 19.9 Å². The standard InChI is InChI=1S/C16H19FN2O/c1-3-18-15(16-13(17)9-7-11-19-16)12-8-5-6-10-14(12)20-4-2/h5-11,15,18H,3-4H2,1-2H3. The Hall–Kier alpha value is -1.94. The predicted octanol–water partition coefficient (Wildman–Crippen LogP) is 3.32. The smallest absolute Gasteiger partial charge is 0.146 e. The molecular weight excluding hydrogens is 255 g/mol. The monoisotopic (exact) mass is 274 g/mol. The van der Waals surface area contributed by atoms with Crippen molar-refractivity contribution in [3.8, 4) is 5.75 Å². The number of hydrogen-bond acceptors (Lipinski definition) is 3. The summed E-state index contributed by atoms with van der Waals surface area (Å²) in [5.41, 5.74) is 1.29. The first-order valence-electron chi connectivity index (χ1n) is 6.83. The summed E-state index contributed by atoms with van der Waals surface area (Å²) in [7, 11) is 0. The van der Waals surface area contributed by atoms with Gasteiger partial charge in [0.2, 0.25) is 0 Å². The van der Waals surface area contributed by atoms with Gasteiger partial charge in [0, 0.05) is 11.8 Å². The number of nitrogens with zero attached hydrogens (tertiary/aromatic N) is 1. The summed E-state index contributed by atoms with van der Waals surface area (Å²) < 4.78 is 19.7. The van der Waals surface area contributed by atoms with Gasteiger partial charge < -0.3 is 10.1 Å². The van der Waals surface area contributed by atoms with Crippen LogP contribution in [0.5, 0.6) is 5.75 Å². The molecule has 2 aromatic rings. The van der Waals surface area contributed by atoms with Gasteiger partial charge in [-0.05, 0) is 31.7 Å². The van der Waals surface area contributed by atoms with Gasteiger partial charge in [0.05, 0.1) is 18.3 Å². The number of halogens is 1. The maximum absolute atomic E-state index is 14.0. The van der Waals surface area contributed by atoms with E-state index in [1.807, 2.05) is 38.1 Å². The quantitative estimate of drug-likeness (QED) is 0.877. The van der Waals surface area contributed by atoms with Crippen LogP contribution < -0.4 is 10.1 Å². The molecule has 0 aliphatic heterocycles. The lowest BCUT2D eigenvalue weighted by Gasteiger charge is -2.21. The van der Waals surface area contributed by atoms with Crippen LogP contribution in [0.25, 0.3) is 0 Å². The summed E-state index contributed by atoms with van der Waals surface area (Å²) in [5.74, 6) is 0.441. The molecule has 20 heavy (non-hydrogen) atoms. The van der Waals surface area contributed by atoms with E-state index in [-0.39, 0.29) is 11.9 Å². The van der Waals surface area contributed by atoms with Crippen molar-refractivity contribution in [3.05, 3.63) is 59.7 Å². The van der Waals surface area contributed by atoms with Gasteiger partial charge in [0.15, 0.2) is 0 Å². The Labute approximate surface area is 118 Å². The van der Waals surface area contributed by atoms with Crippen LogP contribution in [0.15, 0.2) is 42.6 Å². The molecule has 0 saturated heterocycles. The maximum atomic E-state index is 14.0. The van der Waals surface area contributed by atoms with Crippen molar-refractivity contribution in [2.75, 3.05) is 13.2 Å². The molecule has 0 spiro atoms. The number of para-hydroxylation sites is 1. The van der Waals surface area contributed by atoms with Crippen LogP contribution in [0.3, 0.4) is 0 Å². The van der Waals surface area contributed by atoms with Gasteiger partial charge in [0.1, 0.15) is 11.6 Å². The second-order valence-electron chi connectivity index (χ2n) is 4.33. The van der Waals surface area contributed by atoms with Gasteiger partial charge in [0.25, 0.3) is 0 Å². The lowest BCUT2D eigenvalue weighted by atomic mass is 10.0. The number of aromatic nitrogens is 1. The first-order valence-corrected chi connectivity index (χ1v) is 6.83. The third-order valence-corrected chi connectivity index (χ3v) is 3.00. The molecule has 3 nitrogen and oxygen atoms in total. The lowest BCUT2D eigenvalue weighted by Crippen LogP contribution is -2.24. The van der Waals surface area contributed by atoms with Gasteiger partial charge in [-0.15, -0.1) is 0 Å². The van der Waals surface area contributed by atoms with Gasteiger partial charge in [-0.2, -0.15) is 0 Å². The minimum Gasteiger partial charge on any atom is -0.494 e. The van der Waals surface area contributed by atoms with E-state index in [1.54, 1.807) is 12.3 Å². The second-order valence-corrected chi connectivity index (χ2v) is 4.33. The van der Waals surface area contributed by atoms with Crippen molar-refractivity contribution in [1.82, 2.24) is 10.3 Å². The van der Waals surface area contributed by atoms with Gasteiger partial charge in [-0.3, -0.25) is 4.98 Å². The van der Waals surface area contributed by atoms with Crippen molar-refractivity contribution < 1.29 is 9.13 Å². The molecule has 1 heterocycles. The fourth-order valence-electron chi connectivity index (χ4n) is 2.17. The molecule has 1 unspecified atom stereocenters. The predicted molar refractivity (Wildman–Crippen MR) is 77.3 cm³/mol. The number of nitrogens with one attached hydrogen (secondary N) is 1. The molecule has 0 amide bonds. The molecule has 0 saturated carbocycles. The third kappa shape index (κ3) is 3.14. The molecule has 0 aliphatic carbocycles. The molecule has 1 aromatic carbocycles. The highest BCUT2D eigenvalue weighted by molar-refractivity contribution is 5.40. The normalized spacial score (nSPS) is 12.2. The molecule has 0 radical (unpaired) electrons. The Morgan fingerprint density at radius 1 is 1.20 bits per heavy atom. The Bertz CT molecular complexity index is 560. The van der Waals surface area contributed by atoms with E-state index in [2.05, 4.69) is 10.3 Å². The number of benzene rings is 1. The van der Waals surface area contributed by atoms with Crippen molar-refractivity contribution >= 4 is 0 Å². The van der Waals surface area contributed by atoms with E-state index in [4.69, 9.17) is 4.74 Å². The fourth-order valence-corrected chi connectivity index (χ4v) is 2.17. The van der Waals surface area contributed by atoms with Crippen LogP contribution in [0.2, 0.25) is 0 Å². The Morgan fingerprint density at radius 3 is 2.70 bits per heavy atom. The van der Waals surface area contributed by atoms with Crippen LogP contribution in [-0.4, -0.2) is 18.1 Å². The Morgan fingerprint density at radius 2 is 2.00 bits per heavy atom. The van der Waals surface area contributed by atoms with E-state index in [9.17, 15) is 4.39 Å². The first-order chi connectivity index (χ1) is 9.77. The van der Waals surface area contributed by atoms with Crippen LogP contribution in [0.1, 0.15) is 31.1 Å². The van der Waals surface area contributed by atoms with E-state index >= 15 is 0 Å². The number of ether oxygens (including phenoxy) is 1. The molecule has 1 aromatic heterocycles. The SMILES string of the molecule is CCNC(c1ccccc1OCC)c1ncccc1F. The molecule has 106 valence electrons. The average molecular weight is 274 g/mol. The molecule has 0 fully saturated rings. The maximum Gasteiger partial charge on any atom is 0.146 e. The molecule has 4 heteroatoms. The molecule has 2 rings (SSSR count). The third-order valence-electron chi connectivity index (χ3n) is 3.00. The zero-order chi connectivity index (χ0) is 14.4. The van der Waals surface area contributed by atoms with E-state index in [0.29, 0.717) is 18.8 Å². The summed E-state index contributed by atoms with van der Waals surface area (Å²) in [6.07, 6.45) is 1.60. The minimum atomic E-state index is -0.316. The fraction of sp³-hybridized carbons (Fsp3) is 0.312. The topological polar surface area (TPSA) is 34.1 Å². The van der Waals surface area contributed by atoms with Gasteiger partial charge >= 0.3 is 0 Å². The Kier molecular flexibility index (Phi) is 5.07. The molecule has 0 aliphatic rings. The van der Waals surface area contributed by atoms with Crippen LogP contribution in [0, 0.1) is 5.82 Å². The summed E-state index contributed by atoms with van der Waals surface area (Å²) in [4.78, 5) is 4.18. The van der Waals surface area contributed by atoms with E-state index in [1.165, 1.54) is 6.07 Å². The number of hydrogen-bond donors (Lipinski definition) is 1. The summed E-state index contributed by atoms with van der Waals surface area (Å²) in [5, 5.41) is 3.27. The highest BCUT2D eigenvalue weighted by Gasteiger charge is 2.21. The molecule has 1 atom stereocenters. The van der Waals surface area contributed by atoms with Crippen molar-refractivity contribution in [1.29, 1.82) is 0 Å². The van der Waals surface area contributed by atoms with Crippen molar-refractivity contribution in [3.63, 3.8) is 0 Å². The van der Waals surface area contributed by atoms with E-state index < -0.39 is 0 Å². The lowest BCUT2D eigenvalue weighted by molar-refractivity contribution is 0.333. The summed E-state index contributed by atoms with van der Waals surface area (Å²) >= 11 is 0. The second kappa shape index (κ2) is 7.01. The summed E-state index contributed by atoms with van der Waals surface area (Å²) in [6, 6.07) is 10.4. The molecular formula is C16H19FN2O. The van der Waals surface area contributed by atoms with Crippen LogP contribution in [0.4, 0.5) is 4.39 Å². The Balaban J connectivity index is 2.46. The minimum absolute atomic E-state index is 0.315. The van der Waals surface area contributed by atoms with Crippen LogP contribution in [-0.2, 0) is 0 Å².